The van der Waals surface area contributed by atoms with Gasteiger partial charge in [-0.15, -0.1) is 0 Å². The van der Waals surface area contributed by atoms with Gasteiger partial charge in [-0.05, 0) is 48.5 Å². The summed E-state index contributed by atoms with van der Waals surface area (Å²) in [6.45, 7) is 0.228. The molecule has 0 bridgehead atoms. The van der Waals surface area contributed by atoms with Gasteiger partial charge in [0, 0.05) is 27.6 Å². The van der Waals surface area contributed by atoms with Gasteiger partial charge in [-0.25, -0.2) is 8.78 Å². The smallest absolute Gasteiger partial charge is 0.128 e. The van der Waals surface area contributed by atoms with E-state index < -0.39 is 11.6 Å². The van der Waals surface area contributed by atoms with E-state index in [-0.39, 0.29) is 6.54 Å². The fourth-order valence-corrected chi connectivity index (χ4v) is 3.59. The predicted octanol–water partition coefficient (Wildman–Crippen LogP) is 5.79. The second-order valence-corrected chi connectivity index (χ2v) is 6.61. The lowest BCUT2D eigenvalue weighted by molar-refractivity contribution is 0.587. The van der Waals surface area contributed by atoms with Crippen LogP contribution in [0.3, 0.4) is 0 Å². The van der Waals surface area contributed by atoms with Gasteiger partial charge < -0.3 is 10.6 Å². The van der Waals surface area contributed by atoms with Crippen LogP contribution in [0.1, 0.15) is 5.56 Å². The summed E-state index contributed by atoms with van der Waals surface area (Å²) in [4.78, 5) is 2.32. The molecule has 1 heterocycles. The molecule has 4 rings (SSSR count). The largest absolute Gasteiger partial charge is 0.381 e. The summed E-state index contributed by atoms with van der Waals surface area (Å²) in [6, 6.07) is 17.5. The Bertz CT molecular complexity index is 912. The highest BCUT2D eigenvalue weighted by molar-refractivity contribution is 7.99. The molecule has 120 valence electrons. The molecule has 1 aliphatic rings. The van der Waals surface area contributed by atoms with Gasteiger partial charge in [-0.2, -0.15) is 0 Å². The number of para-hydroxylation sites is 1. The summed E-state index contributed by atoms with van der Waals surface area (Å²) < 4.78 is 26.9. The van der Waals surface area contributed by atoms with Crippen LogP contribution in [-0.2, 0) is 6.54 Å². The van der Waals surface area contributed by atoms with Crippen molar-refractivity contribution in [3.63, 3.8) is 0 Å². The molecular formula is C19H14F2N2S. The number of hydrogen-bond donors (Lipinski definition) is 2. The normalized spacial score (nSPS) is 12.1. The minimum absolute atomic E-state index is 0.228. The summed E-state index contributed by atoms with van der Waals surface area (Å²) in [5.41, 5.74) is 3.23. The standard InChI is InChI=1S/C19H14F2N2S/c20-13-5-7-15(21)12(9-13)11-22-14-6-8-19-17(10-14)23-16-3-1-2-4-18(16)24-19/h1-10,22-23H,11H2. The molecule has 0 atom stereocenters. The molecule has 5 heteroatoms. The second kappa shape index (κ2) is 6.17. The fraction of sp³-hybridized carbons (Fsp3) is 0.0526. The lowest BCUT2D eigenvalue weighted by atomic mass is 10.2. The summed E-state index contributed by atoms with van der Waals surface area (Å²) in [5, 5.41) is 6.55. The first kappa shape index (κ1) is 15.0. The van der Waals surface area contributed by atoms with Gasteiger partial charge in [-0.1, -0.05) is 23.9 Å². The molecule has 0 spiro atoms. The fourth-order valence-electron chi connectivity index (χ4n) is 2.63. The van der Waals surface area contributed by atoms with Crippen molar-refractivity contribution in [1.82, 2.24) is 0 Å². The molecule has 3 aromatic rings. The van der Waals surface area contributed by atoms with Crippen LogP contribution in [0.2, 0.25) is 0 Å². The Balaban J connectivity index is 1.53. The molecule has 1 aliphatic heterocycles. The van der Waals surface area contributed by atoms with Crippen LogP contribution in [-0.4, -0.2) is 0 Å². The molecule has 2 nitrogen and oxygen atoms in total. The van der Waals surface area contributed by atoms with Crippen molar-refractivity contribution >= 4 is 28.8 Å². The number of rotatable bonds is 3. The van der Waals surface area contributed by atoms with Crippen molar-refractivity contribution in [2.45, 2.75) is 16.3 Å². The first-order chi connectivity index (χ1) is 11.7. The Morgan fingerprint density at radius 3 is 2.62 bits per heavy atom. The molecule has 0 radical (unpaired) electrons. The lowest BCUT2D eigenvalue weighted by Crippen LogP contribution is -2.04. The highest BCUT2D eigenvalue weighted by atomic mass is 32.2. The van der Waals surface area contributed by atoms with E-state index in [4.69, 9.17) is 0 Å². The van der Waals surface area contributed by atoms with E-state index in [1.807, 2.05) is 36.4 Å². The van der Waals surface area contributed by atoms with E-state index >= 15 is 0 Å². The lowest BCUT2D eigenvalue weighted by Gasteiger charge is -2.21. The number of nitrogens with one attached hydrogen (secondary N) is 2. The summed E-state index contributed by atoms with van der Waals surface area (Å²) >= 11 is 1.71. The van der Waals surface area contributed by atoms with E-state index in [9.17, 15) is 8.78 Å². The van der Waals surface area contributed by atoms with Crippen LogP contribution in [0.5, 0.6) is 0 Å². The highest BCUT2D eigenvalue weighted by Gasteiger charge is 2.15. The van der Waals surface area contributed by atoms with Gasteiger partial charge >= 0.3 is 0 Å². The average Bonchev–Trinajstić information content (AvgIpc) is 2.60. The van der Waals surface area contributed by atoms with Crippen molar-refractivity contribution in [3.05, 3.63) is 77.9 Å². The third kappa shape index (κ3) is 2.95. The van der Waals surface area contributed by atoms with E-state index in [1.54, 1.807) is 11.8 Å². The molecule has 0 amide bonds. The number of benzene rings is 3. The molecule has 0 saturated heterocycles. The van der Waals surface area contributed by atoms with E-state index in [2.05, 4.69) is 16.7 Å². The Morgan fingerprint density at radius 1 is 0.875 bits per heavy atom. The van der Waals surface area contributed by atoms with Crippen LogP contribution in [0, 0.1) is 11.6 Å². The minimum Gasteiger partial charge on any atom is -0.381 e. The number of anilines is 3. The van der Waals surface area contributed by atoms with Gasteiger partial charge in [0.1, 0.15) is 11.6 Å². The summed E-state index contributed by atoms with van der Waals surface area (Å²) in [7, 11) is 0. The molecule has 2 N–H and O–H groups in total. The monoisotopic (exact) mass is 340 g/mol. The zero-order chi connectivity index (χ0) is 16.5. The maximum Gasteiger partial charge on any atom is 0.128 e. The van der Waals surface area contributed by atoms with Gasteiger partial charge in [0.15, 0.2) is 0 Å². The molecule has 0 saturated carbocycles. The zero-order valence-electron chi connectivity index (χ0n) is 12.6. The van der Waals surface area contributed by atoms with Crippen LogP contribution in [0.25, 0.3) is 0 Å². The number of fused-ring (bicyclic) bond motifs is 2. The van der Waals surface area contributed by atoms with Gasteiger partial charge in [0.2, 0.25) is 0 Å². The van der Waals surface area contributed by atoms with Crippen molar-refractivity contribution < 1.29 is 8.78 Å². The van der Waals surface area contributed by atoms with Crippen molar-refractivity contribution in [2.75, 3.05) is 10.6 Å². The average molecular weight is 340 g/mol. The van der Waals surface area contributed by atoms with E-state index in [0.29, 0.717) is 5.56 Å². The number of halogens is 2. The van der Waals surface area contributed by atoms with Gasteiger partial charge in [0.25, 0.3) is 0 Å². The first-order valence-electron chi connectivity index (χ1n) is 7.55. The topological polar surface area (TPSA) is 24.1 Å². The summed E-state index contributed by atoms with van der Waals surface area (Å²) in [5.74, 6) is -0.849. The first-order valence-corrected chi connectivity index (χ1v) is 8.36. The summed E-state index contributed by atoms with van der Waals surface area (Å²) in [6.07, 6.45) is 0. The van der Waals surface area contributed by atoms with Crippen molar-refractivity contribution in [3.8, 4) is 0 Å². The van der Waals surface area contributed by atoms with Crippen LogP contribution >= 0.6 is 11.8 Å². The second-order valence-electron chi connectivity index (χ2n) is 5.52. The molecule has 24 heavy (non-hydrogen) atoms. The maximum atomic E-state index is 13.7. The molecule has 0 aromatic heterocycles. The van der Waals surface area contributed by atoms with Gasteiger partial charge in [0.05, 0.1) is 11.4 Å². The third-order valence-electron chi connectivity index (χ3n) is 3.85. The molecule has 0 fully saturated rings. The van der Waals surface area contributed by atoms with Gasteiger partial charge in [-0.3, -0.25) is 0 Å². The highest BCUT2D eigenvalue weighted by Crippen LogP contribution is 2.44. The Labute approximate surface area is 142 Å². The Morgan fingerprint density at radius 2 is 1.71 bits per heavy atom. The minimum atomic E-state index is -0.437. The molecule has 0 unspecified atom stereocenters. The van der Waals surface area contributed by atoms with Crippen LogP contribution in [0.15, 0.2) is 70.5 Å². The molecule has 3 aromatic carbocycles. The Hall–Kier alpha value is -2.53. The quantitative estimate of drug-likeness (QED) is 0.494. The van der Waals surface area contributed by atoms with E-state index in [0.717, 1.165) is 34.1 Å². The van der Waals surface area contributed by atoms with E-state index in [1.165, 1.54) is 11.0 Å². The van der Waals surface area contributed by atoms with Crippen LogP contribution < -0.4 is 10.6 Å². The SMILES string of the molecule is Fc1ccc(F)c(CNc2ccc3c(c2)Nc2ccccc2S3)c1. The predicted molar refractivity (Wildman–Crippen MR) is 94.0 cm³/mol. The zero-order valence-corrected chi connectivity index (χ0v) is 13.5. The Kier molecular flexibility index (Phi) is 3.86. The maximum absolute atomic E-state index is 13.7. The van der Waals surface area contributed by atoms with Crippen molar-refractivity contribution in [1.29, 1.82) is 0 Å². The molecule has 0 aliphatic carbocycles. The molecular weight excluding hydrogens is 326 g/mol. The number of hydrogen-bond acceptors (Lipinski definition) is 3. The van der Waals surface area contributed by atoms with Crippen LogP contribution in [0.4, 0.5) is 25.8 Å². The third-order valence-corrected chi connectivity index (χ3v) is 5.00. The van der Waals surface area contributed by atoms with Crippen molar-refractivity contribution in [2.24, 2.45) is 0 Å².